The van der Waals surface area contributed by atoms with E-state index in [1.165, 1.54) is 25.7 Å². The monoisotopic (exact) mass is 371 g/mol. The van der Waals surface area contributed by atoms with Gasteiger partial charge in [-0.15, -0.1) is 0 Å². The number of para-hydroxylation sites is 1. The number of piperidine rings is 1. The highest BCUT2D eigenvalue weighted by molar-refractivity contribution is 6.07. The lowest BCUT2D eigenvalue weighted by Crippen LogP contribution is -2.49. The Morgan fingerprint density at radius 2 is 1.75 bits per heavy atom. The number of fused-ring (bicyclic) bond motifs is 2. The van der Waals surface area contributed by atoms with Gasteiger partial charge in [0.05, 0.1) is 16.8 Å². The molecule has 2 aliphatic rings. The molecule has 0 radical (unpaired) electrons. The minimum Gasteiger partial charge on any atom is -0.335 e. The standard InChI is InChI=1S/C24H25N3O/c28-24(27-15-5-7-18-6-1-4-10-23(18)27)20-16-22(17-11-13-25-14-12-17)26-21-9-3-2-8-19(20)21/h2-3,8-9,11-14,16,18,23H,1,4-7,10,15H2/t18-,23+/m1/s1. The van der Waals surface area contributed by atoms with Gasteiger partial charge in [0, 0.05) is 35.9 Å². The van der Waals surface area contributed by atoms with E-state index in [2.05, 4.69) is 9.88 Å². The molecule has 142 valence electrons. The second-order valence-electron chi connectivity index (χ2n) is 8.06. The maximum Gasteiger partial charge on any atom is 0.254 e. The minimum absolute atomic E-state index is 0.172. The number of carbonyl (C=O) groups excluding carboxylic acids is 1. The zero-order valence-corrected chi connectivity index (χ0v) is 16.1. The average Bonchev–Trinajstić information content (AvgIpc) is 2.78. The number of rotatable bonds is 2. The molecule has 1 aliphatic heterocycles. The molecule has 2 aromatic heterocycles. The van der Waals surface area contributed by atoms with E-state index < -0.39 is 0 Å². The Balaban J connectivity index is 1.60. The third kappa shape index (κ3) is 3.07. The lowest BCUT2D eigenvalue weighted by Gasteiger charge is -2.44. The first-order chi connectivity index (χ1) is 13.8. The molecule has 1 amide bonds. The first-order valence-electron chi connectivity index (χ1n) is 10.4. The van der Waals surface area contributed by atoms with Crippen LogP contribution in [0.15, 0.2) is 54.9 Å². The zero-order chi connectivity index (χ0) is 18.9. The Labute approximate surface area is 165 Å². The largest absolute Gasteiger partial charge is 0.335 e. The van der Waals surface area contributed by atoms with Crippen LogP contribution in [0.5, 0.6) is 0 Å². The van der Waals surface area contributed by atoms with Crippen molar-refractivity contribution >= 4 is 16.8 Å². The smallest absolute Gasteiger partial charge is 0.254 e. The Kier molecular flexibility index (Phi) is 4.55. The SMILES string of the molecule is O=C(c1cc(-c2ccncc2)nc2ccccc12)N1CCC[C@H]2CCCC[C@@H]21. The molecule has 1 saturated heterocycles. The molecular formula is C24H25N3O. The van der Waals surface area contributed by atoms with E-state index in [0.29, 0.717) is 12.0 Å². The highest BCUT2D eigenvalue weighted by Gasteiger charge is 2.36. The molecule has 0 N–H and O–H groups in total. The molecule has 1 aromatic carbocycles. The van der Waals surface area contributed by atoms with Crippen LogP contribution in [0.3, 0.4) is 0 Å². The van der Waals surface area contributed by atoms with Crippen molar-refractivity contribution in [2.75, 3.05) is 6.54 Å². The zero-order valence-electron chi connectivity index (χ0n) is 16.1. The average molecular weight is 371 g/mol. The van der Waals surface area contributed by atoms with Crippen molar-refractivity contribution < 1.29 is 4.79 Å². The number of benzene rings is 1. The lowest BCUT2D eigenvalue weighted by atomic mass is 9.78. The van der Waals surface area contributed by atoms with Gasteiger partial charge in [0.2, 0.25) is 0 Å². The molecule has 3 heterocycles. The molecular weight excluding hydrogens is 346 g/mol. The van der Waals surface area contributed by atoms with Crippen LogP contribution in [0, 0.1) is 5.92 Å². The van der Waals surface area contributed by atoms with E-state index in [-0.39, 0.29) is 5.91 Å². The summed E-state index contributed by atoms with van der Waals surface area (Å²) in [5.74, 6) is 0.852. The summed E-state index contributed by atoms with van der Waals surface area (Å²) >= 11 is 0. The first kappa shape index (κ1) is 17.4. The number of nitrogens with zero attached hydrogens (tertiary/aromatic N) is 3. The quantitative estimate of drug-likeness (QED) is 0.630. The van der Waals surface area contributed by atoms with Crippen molar-refractivity contribution in [2.45, 2.75) is 44.6 Å². The van der Waals surface area contributed by atoms with Gasteiger partial charge in [-0.2, -0.15) is 0 Å². The predicted octanol–water partition coefficient (Wildman–Crippen LogP) is 5.09. The number of aromatic nitrogens is 2. The Hall–Kier alpha value is -2.75. The second kappa shape index (κ2) is 7.34. The summed E-state index contributed by atoms with van der Waals surface area (Å²) in [5, 5.41) is 0.947. The van der Waals surface area contributed by atoms with E-state index in [4.69, 9.17) is 4.98 Å². The number of pyridine rings is 2. The minimum atomic E-state index is 0.172. The van der Waals surface area contributed by atoms with E-state index in [1.54, 1.807) is 12.4 Å². The van der Waals surface area contributed by atoms with Gasteiger partial charge in [-0.3, -0.25) is 9.78 Å². The topological polar surface area (TPSA) is 46.1 Å². The van der Waals surface area contributed by atoms with E-state index in [0.717, 1.165) is 47.1 Å². The van der Waals surface area contributed by atoms with Gasteiger partial charge in [0.25, 0.3) is 5.91 Å². The maximum atomic E-state index is 13.7. The summed E-state index contributed by atoms with van der Waals surface area (Å²) in [6.07, 6.45) is 10.9. The molecule has 0 spiro atoms. The summed E-state index contributed by atoms with van der Waals surface area (Å²) < 4.78 is 0. The molecule has 3 aromatic rings. The highest BCUT2D eigenvalue weighted by Crippen LogP contribution is 2.37. The fraction of sp³-hybridized carbons (Fsp3) is 0.375. The van der Waals surface area contributed by atoms with Crippen LogP contribution in [0.2, 0.25) is 0 Å². The predicted molar refractivity (Wildman–Crippen MR) is 111 cm³/mol. The van der Waals surface area contributed by atoms with Crippen LogP contribution in [0.1, 0.15) is 48.9 Å². The molecule has 2 fully saturated rings. The Morgan fingerprint density at radius 3 is 2.64 bits per heavy atom. The van der Waals surface area contributed by atoms with Crippen molar-refractivity contribution in [2.24, 2.45) is 5.92 Å². The molecule has 1 saturated carbocycles. The van der Waals surface area contributed by atoms with Crippen LogP contribution >= 0.6 is 0 Å². The Bertz CT molecular complexity index is 999. The molecule has 0 bridgehead atoms. The fourth-order valence-corrected chi connectivity index (χ4v) is 5.05. The van der Waals surface area contributed by atoms with Gasteiger partial charge in [-0.25, -0.2) is 4.98 Å². The van der Waals surface area contributed by atoms with Crippen molar-refractivity contribution in [3.63, 3.8) is 0 Å². The van der Waals surface area contributed by atoms with Crippen LogP contribution < -0.4 is 0 Å². The molecule has 1 aliphatic carbocycles. The van der Waals surface area contributed by atoms with Gasteiger partial charge in [-0.1, -0.05) is 31.0 Å². The third-order valence-corrected chi connectivity index (χ3v) is 6.43. The van der Waals surface area contributed by atoms with E-state index in [9.17, 15) is 4.79 Å². The van der Waals surface area contributed by atoms with Gasteiger partial charge in [0.1, 0.15) is 0 Å². The van der Waals surface area contributed by atoms with Crippen LogP contribution in [0.25, 0.3) is 22.2 Å². The number of amides is 1. The van der Waals surface area contributed by atoms with Crippen molar-refractivity contribution in [1.29, 1.82) is 0 Å². The van der Waals surface area contributed by atoms with E-state index in [1.807, 2.05) is 42.5 Å². The van der Waals surface area contributed by atoms with Crippen LogP contribution in [-0.4, -0.2) is 33.4 Å². The molecule has 4 nitrogen and oxygen atoms in total. The molecule has 5 rings (SSSR count). The molecule has 2 atom stereocenters. The second-order valence-corrected chi connectivity index (χ2v) is 8.06. The normalized spacial score (nSPS) is 22.1. The fourth-order valence-electron chi connectivity index (χ4n) is 5.05. The summed E-state index contributed by atoms with van der Waals surface area (Å²) in [6.45, 7) is 0.876. The van der Waals surface area contributed by atoms with Crippen molar-refractivity contribution in [3.05, 3.63) is 60.4 Å². The summed E-state index contributed by atoms with van der Waals surface area (Å²) in [6, 6.07) is 14.3. The van der Waals surface area contributed by atoms with Crippen molar-refractivity contribution in [3.8, 4) is 11.3 Å². The summed E-state index contributed by atoms with van der Waals surface area (Å²) in [5.41, 5.74) is 3.48. The number of hydrogen-bond acceptors (Lipinski definition) is 3. The van der Waals surface area contributed by atoms with Crippen LogP contribution in [-0.2, 0) is 0 Å². The first-order valence-corrected chi connectivity index (χ1v) is 10.4. The molecule has 28 heavy (non-hydrogen) atoms. The summed E-state index contributed by atoms with van der Waals surface area (Å²) in [7, 11) is 0. The lowest BCUT2D eigenvalue weighted by molar-refractivity contribution is 0.0392. The van der Waals surface area contributed by atoms with Gasteiger partial charge >= 0.3 is 0 Å². The van der Waals surface area contributed by atoms with Gasteiger partial charge < -0.3 is 4.90 Å². The third-order valence-electron chi connectivity index (χ3n) is 6.43. The number of hydrogen-bond donors (Lipinski definition) is 0. The number of likely N-dealkylation sites (tertiary alicyclic amines) is 1. The van der Waals surface area contributed by atoms with Gasteiger partial charge in [-0.05, 0) is 55.9 Å². The Morgan fingerprint density at radius 1 is 0.964 bits per heavy atom. The molecule has 0 unspecified atom stereocenters. The van der Waals surface area contributed by atoms with Gasteiger partial charge in [0.15, 0.2) is 0 Å². The van der Waals surface area contributed by atoms with Crippen molar-refractivity contribution in [1.82, 2.24) is 14.9 Å². The van der Waals surface area contributed by atoms with Crippen LogP contribution in [0.4, 0.5) is 0 Å². The maximum absolute atomic E-state index is 13.7. The summed E-state index contributed by atoms with van der Waals surface area (Å²) in [4.78, 5) is 24.8. The van der Waals surface area contributed by atoms with E-state index >= 15 is 0 Å². The highest BCUT2D eigenvalue weighted by atomic mass is 16.2. The molecule has 4 heteroatoms. The number of carbonyl (C=O) groups is 1.